The van der Waals surface area contributed by atoms with E-state index in [1.165, 1.54) is 42.5 Å². The highest BCUT2D eigenvalue weighted by molar-refractivity contribution is 6.06. The first-order chi connectivity index (χ1) is 14.0. The van der Waals surface area contributed by atoms with Gasteiger partial charge in [0.1, 0.15) is 17.8 Å². The molecule has 8 heteroatoms. The molecule has 8 nitrogen and oxygen atoms in total. The molecule has 1 aromatic heterocycles. The molecule has 29 heavy (non-hydrogen) atoms. The molecule has 0 saturated heterocycles. The van der Waals surface area contributed by atoms with E-state index < -0.39 is 5.97 Å². The van der Waals surface area contributed by atoms with Gasteiger partial charge in [0, 0.05) is 17.3 Å². The van der Waals surface area contributed by atoms with Crippen LogP contribution in [-0.4, -0.2) is 44.3 Å². The summed E-state index contributed by atoms with van der Waals surface area (Å²) in [4.78, 5) is 20.6. The minimum atomic E-state index is -0.663. The van der Waals surface area contributed by atoms with Gasteiger partial charge in [-0.3, -0.25) is 0 Å². The van der Waals surface area contributed by atoms with Gasteiger partial charge in [0.25, 0.3) is 5.95 Å². The van der Waals surface area contributed by atoms with Crippen LogP contribution in [-0.2, 0) is 9.53 Å². The van der Waals surface area contributed by atoms with Gasteiger partial charge in [-0.25, -0.2) is 9.79 Å². The standard InChI is InChI=1S/C21H18N4O4/c1-14(17(20(28)29-2)11-15-7-3-5-9-18(15)26)25-21(23-13-24-25)22-12-16-8-4-6-10-19(16)27/h3-13,26-27H,1H2,2H3/b17-11+,22-12+. The van der Waals surface area contributed by atoms with Crippen LogP contribution in [0.3, 0.4) is 0 Å². The molecular formula is C21H18N4O4. The summed E-state index contributed by atoms with van der Waals surface area (Å²) < 4.78 is 6.11. The van der Waals surface area contributed by atoms with Crippen molar-refractivity contribution in [2.45, 2.75) is 0 Å². The Balaban J connectivity index is 1.98. The first-order valence-corrected chi connectivity index (χ1v) is 8.51. The topological polar surface area (TPSA) is 110 Å². The number of ether oxygens (including phenoxy) is 1. The van der Waals surface area contributed by atoms with Gasteiger partial charge >= 0.3 is 5.97 Å². The molecule has 0 amide bonds. The number of hydrogen-bond donors (Lipinski definition) is 2. The van der Waals surface area contributed by atoms with Crippen LogP contribution in [0, 0.1) is 0 Å². The maximum Gasteiger partial charge on any atom is 0.340 e. The normalized spacial score (nSPS) is 11.6. The van der Waals surface area contributed by atoms with E-state index in [0.29, 0.717) is 11.1 Å². The molecule has 0 saturated carbocycles. The van der Waals surface area contributed by atoms with Gasteiger partial charge in [-0.15, -0.1) is 0 Å². The number of nitrogens with zero attached hydrogens (tertiary/aromatic N) is 4. The Morgan fingerprint density at radius 1 is 1.10 bits per heavy atom. The van der Waals surface area contributed by atoms with E-state index in [2.05, 4.69) is 21.7 Å². The summed E-state index contributed by atoms with van der Waals surface area (Å²) >= 11 is 0. The van der Waals surface area contributed by atoms with Crippen molar-refractivity contribution in [2.75, 3.05) is 7.11 Å². The minimum Gasteiger partial charge on any atom is -0.507 e. The molecular weight excluding hydrogens is 372 g/mol. The maximum atomic E-state index is 12.3. The number of phenols is 2. The molecule has 2 aromatic carbocycles. The highest BCUT2D eigenvalue weighted by atomic mass is 16.5. The second-order valence-corrected chi connectivity index (χ2v) is 5.84. The third-order valence-electron chi connectivity index (χ3n) is 3.99. The van der Waals surface area contributed by atoms with Crippen LogP contribution in [0.5, 0.6) is 11.5 Å². The monoisotopic (exact) mass is 390 g/mol. The average Bonchev–Trinajstić information content (AvgIpc) is 3.20. The van der Waals surface area contributed by atoms with E-state index in [0.717, 1.165) is 0 Å². The number of phenolic OH excluding ortho intramolecular Hbond substituents is 2. The molecule has 0 bridgehead atoms. The molecule has 0 aliphatic heterocycles. The summed E-state index contributed by atoms with van der Waals surface area (Å²) in [5.74, 6) is -0.455. The maximum absolute atomic E-state index is 12.3. The zero-order valence-corrected chi connectivity index (χ0v) is 15.6. The Morgan fingerprint density at radius 2 is 1.72 bits per heavy atom. The molecule has 0 unspecified atom stereocenters. The summed E-state index contributed by atoms with van der Waals surface area (Å²) in [6.45, 7) is 3.91. The van der Waals surface area contributed by atoms with Crippen molar-refractivity contribution in [2.24, 2.45) is 4.99 Å². The number of methoxy groups -OCH3 is 1. The van der Waals surface area contributed by atoms with E-state index >= 15 is 0 Å². The smallest absolute Gasteiger partial charge is 0.340 e. The van der Waals surface area contributed by atoms with E-state index in [9.17, 15) is 15.0 Å². The third-order valence-corrected chi connectivity index (χ3v) is 3.99. The van der Waals surface area contributed by atoms with Gasteiger partial charge in [-0.2, -0.15) is 14.8 Å². The fourth-order valence-electron chi connectivity index (χ4n) is 2.49. The number of rotatable bonds is 6. The number of carbonyl (C=O) groups excluding carboxylic acids is 1. The highest BCUT2D eigenvalue weighted by Crippen LogP contribution is 2.26. The van der Waals surface area contributed by atoms with Gasteiger partial charge < -0.3 is 14.9 Å². The van der Waals surface area contributed by atoms with Crippen molar-refractivity contribution < 1.29 is 19.7 Å². The second kappa shape index (κ2) is 8.66. The quantitative estimate of drug-likeness (QED) is 0.290. The van der Waals surface area contributed by atoms with Crippen LogP contribution in [0.1, 0.15) is 11.1 Å². The summed E-state index contributed by atoms with van der Waals surface area (Å²) in [5, 5.41) is 23.9. The Bertz CT molecular complexity index is 1120. The molecule has 0 aliphatic rings. The summed E-state index contributed by atoms with van der Waals surface area (Å²) in [6.07, 6.45) is 4.13. The van der Waals surface area contributed by atoms with Crippen molar-refractivity contribution in [3.8, 4) is 11.5 Å². The Morgan fingerprint density at radius 3 is 2.34 bits per heavy atom. The van der Waals surface area contributed by atoms with Crippen molar-refractivity contribution in [3.05, 3.63) is 78.1 Å². The van der Waals surface area contributed by atoms with Crippen molar-refractivity contribution >= 4 is 29.9 Å². The molecule has 0 radical (unpaired) electrons. The lowest BCUT2D eigenvalue weighted by molar-refractivity contribution is -0.135. The molecule has 0 atom stereocenters. The number of hydrogen-bond acceptors (Lipinski definition) is 7. The summed E-state index contributed by atoms with van der Waals surface area (Å²) in [5.41, 5.74) is 1.12. The predicted molar refractivity (Wildman–Crippen MR) is 109 cm³/mol. The number of carbonyl (C=O) groups is 1. The average molecular weight is 390 g/mol. The molecule has 1 heterocycles. The van der Waals surface area contributed by atoms with Crippen LogP contribution in [0.15, 0.2) is 72.0 Å². The molecule has 0 aliphatic carbocycles. The third kappa shape index (κ3) is 4.38. The van der Waals surface area contributed by atoms with Crippen LogP contribution in [0.4, 0.5) is 5.95 Å². The zero-order chi connectivity index (χ0) is 20.8. The second-order valence-electron chi connectivity index (χ2n) is 5.84. The Kier molecular flexibility index (Phi) is 5.84. The van der Waals surface area contributed by atoms with Crippen molar-refractivity contribution in [1.82, 2.24) is 14.8 Å². The number of benzene rings is 2. The lowest BCUT2D eigenvalue weighted by Gasteiger charge is -2.10. The van der Waals surface area contributed by atoms with Gasteiger partial charge in [-0.1, -0.05) is 36.9 Å². The van der Waals surface area contributed by atoms with Gasteiger partial charge in [-0.05, 0) is 24.3 Å². The fourth-order valence-corrected chi connectivity index (χ4v) is 2.49. The first kappa shape index (κ1) is 19.6. The Labute approximate surface area is 166 Å². The van der Waals surface area contributed by atoms with Crippen LogP contribution in [0.2, 0.25) is 0 Å². The predicted octanol–water partition coefficient (Wildman–Crippen LogP) is 3.17. The lowest BCUT2D eigenvalue weighted by Crippen LogP contribution is -2.11. The van der Waals surface area contributed by atoms with Crippen molar-refractivity contribution in [3.63, 3.8) is 0 Å². The summed E-state index contributed by atoms with van der Waals surface area (Å²) in [7, 11) is 1.24. The van der Waals surface area contributed by atoms with Gasteiger partial charge in [0.15, 0.2) is 0 Å². The van der Waals surface area contributed by atoms with Gasteiger partial charge in [0.2, 0.25) is 0 Å². The fraction of sp³-hybridized carbons (Fsp3) is 0.0476. The molecule has 3 aromatic rings. The molecule has 0 fully saturated rings. The van der Waals surface area contributed by atoms with E-state index in [4.69, 9.17) is 4.74 Å². The molecule has 0 spiro atoms. The van der Waals surface area contributed by atoms with E-state index in [1.807, 2.05) is 0 Å². The Hall–Kier alpha value is -4.20. The van der Waals surface area contributed by atoms with Gasteiger partial charge in [0.05, 0.1) is 18.4 Å². The molecule has 146 valence electrons. The van der Waals surface area contributed by atoms with Crippen LogP contribution < -0.4 is 0 Å². The largest absolute Gasteiger partial charge is 0.507 e. The van der Waals surface area contributed by atoms with E-state index in [1.54, 1.807) is 36.4 Å². The lowest BCUT2D eigenvalue weighted by atomic mass is 10.1. The number of aromatic hydroxyl groups is 2. The molecule has 2 N–H and O–H groups in total. The summed E-state index contributed by atoms with van der Waals surface area (Å²) in [6, 6.07) is 13.2. The molecule has 3 rings (SSSR count). The van der Waals surface area contributed by atoms with Crippen molar-refractivity contribution in [1.29, 1.82) is 0 Å². The number of esters is 1. The van der Waals surface area contributed by atoms with Crippen LogP contribution in [0.25, 0.3) is 11.8 Å². The number of aromatic nitrogens is 3. The number of para-hydroxylation sites is 2. The SMILES string of the molecule is C=C(/C(=C\c1ccccc1O)C(=O)OC)n1ncnc1/N=C/c1ccccc1O. The van der Waals surface area contributed by atoms with E-state index in [-0.39, 0.29) is 28.7 Å². The minimum absolute atomic E-state index is 0.00177. The zero-order valence-electron chi connectivity index (χ0n) is 15.6. The number of aliphatic imine (C=N–C) groups is 1. The van der Waals surface area contributed by atoms with Crippen LogP contribution >= 0.6 is 0 Å². The first-order valence-electron chi connectivity index (χ1n) is 8.51. The highest BCUT2D eigenvalue weighted by Gasteiger charge is 2.19.